The molecule has 5 nitrogen and oxygen atoms in total. The van der Waals surface area contributed by atoms with E-state index in [0.29, 0.717) is 13.0 Å². The van der Waals surface area contributed by atoms with Crippen LogP contribution in [-0.2, 0) is 6.54 Å². The summed E-state index contributed by atoms with van der Waals surface area (Å²) < 4.78 is 5.06. The van der Waals surface area contributed by atoms with E-state index in [0.717, 1.165) is 12.3 Å². The predicted molar refractivity (Wildman–Crippen MR) is 62.7 cm³/mol. The largest absolute Gasteiger partial charge is 0.497 e. The van der Waals surface area contributed by atoms with E-state index in [1.807, 2.05) is 24.3 Å². The van der Waals surface area contributed by atoms with Crippen molar-refractivity contribution in [2.45, 2.75) is 13.0 Å². The summed E-state index contributed by atoms with van der Waals surface area (Å²) in [6.45, 7) is 1.44. The van der Waals surface area contributed by atoms with Gasteiger partial charge in [-0.15, -0.1) is 0 Å². The Hall–Kier alpha value is -1.75. The van der Waals surface area contributed by atoms with Crippen LogP contribution in [0.3, 0.4) is 0 Å². The maximum absolute atomic E-state index is 8.33. The van der Waals surface area contributed by atoms with Crippen LogP contribution in [0.2, 0.25) is 0 Å². The summed E-state index contributed by atoms with van der Waals surface area (Å²) in [7, 11) is 1.64. The average molecular weight is 223 g/mol. The first-order chi connectivity index (χ1) is 7.76. The zero-order valence-electron chi connectivity index (χ0n) is 9.31. The van der Waals surface area contributed by atoms with Crippen LogP contribution in [0, 0.1) is 0 Å². The van der Waals surface area contributed by atoms with E-state index >= 15 is 0 Å². The number of hydrogen-bond acceptors (Lipinski definition) is 4. The van der Waals surface area contributed by atoms with E-state index in [1.54, 1.807) is 7.11 Å². The Morgan fingerprint density at radius 2 is 2.12 bits per heavy atom. The van der Waals surface area contributed by atoms with Gasteiger partial charge in [-0.1, -0.05) is 17.3 Å². The van der Waals surface area contributed by atoms with Gasteiger partial charge in [0.15, 0.2) is 0 Å². The van der Waals surface area contributed by atoms with Crippen LogP contribution in [0.1, 0.15) is 12.0 Å². The third kappa shape index (κ3) is 4.18. The maximum atomic E-state index is 8.33. The second-order valence-electron chi connectivity index (χ2n) is 3.37. The summed E-state index contributed by atoms with van der Waals surface area (Å²) in [6, 6.07) is 7.83. The average Bonchev–Trinajstić information content (AvgIpc) is 2.35. The van der Waals surface area contributed by atoms with Crippen molar-refractivity contribution < 1.29 is 9.94 Å². The van der Waals surface area contributed by atoms with Crippen LogP contribution < -0.4 is 15.8 Å². The van der Waals surface area contributed by atoms with Gasteiger partial charge in [0.1, 0.15) is 11.6 Å². The number of nitrogens with two attached hydrogens (primary N) is 1. The minimum atomic E-state index is 0.238. The minimum Gasteiger partial charge on any atom is -0.497 e. The first kappa shape index (κ1) is 12.3. The summed E-state index contributed by atoms with van der Waals surface area (Å²) in [4.78, 5) is 0. The van der Waals surface area contributed by atoms with E-state index in [-0.39, 0.29) is 5.84 Å². The van der Waals surface area contributed by atoms with E-state index in [9.17, 15) is 0 Å². The number of ether oxygens (including phenoxy) is 1. The van der Waals surface area contributed by atoms with Gasteiger partial charge in [0.2, 0.25) is 0 Å². The first-order valence-corrected chi connectivity index (χ1v) is 5.06. The van der Waals surface area contributed by atoms with E-state index in [1.165, 1.54) is 5.56 Å². The monoisotopic (exact) mass is 223 g/mol. The molecular weight excluding hydrogens is 206 g/mol. The van der Waals surface area contributed by atoms with Crippen LogP contribution in [0.5, 0.6) is 5.75 Å². The number of rotatable bonds is 6. The third-order valence-corrected chi connectivity index (χ3v) is 2.17. The van der Waals surface area contributed by atoms with Crippen LogP contribution >= 0.6 is 0 Å². The summed E-state index contributed by atoms with van der Waals surface area (Å²) >= 11 is 0. The van der Waals surface area contributed by atoms with Gasteiger partial charge < -0.3 is 21.0 Å². The molecule has 0 aliphatic rings. The second-order valence-corrected chi connectivity index (χ2v) is 3.37. The molecule has 0 fully saturated rings. The van der Waals surface area contributed by atoms with Crippen LogP contribution in [-0.4, -0.2) is 24.7 Å². The van der Waals surface area contributed by atoms with Crippen molar-refractivity contribution in [3.05, 3.63) is 29.8 Å². The molecule has 1 aromatic rings. The summed E-state index contributed by atoms with van der Waals surface area (Å²) in [5.74, 6) is 1.09. The van der Waals surface area contributed by atoms with Crippen LogP contribution in [0.15, 0.2) is 29.4 Å². The van der Waals surface area contributed by atoms with Gasteiger partial charge in [0.25, 0.3) is 0 Å². The van der Waals surface area contributed by atoms with Crippen molar-refractivity contribution in [2.75, 3.05) is 13.7 Å². The summed E-state index contributed by atoms with van der Waals surface area (Å²) in [5, 5.41) is 14.4. The normalized spacial score (nSPS) is 11.4. The zero-order valence-corrected chi connectivity index (χ0v) is 9.31. The molecule has 0 bridgehead atoms. The number of oxime groups is 1. The molecule has 0 saturated heterocycles. The third-order valence-electron chi connectivity index (χ3n) is 2.17. The molecule has 0 aliphatic heterocycles. The van der Waals surface area contributed by atoms with Crippen molar-refractivity contribution in [3.63, 3.8) is 0 Å². The molecule has 1 aromatic carbocycles. The quantitative estimate of drug-likeness (QED) is 0.220. The fraction of sp³-hybridized carbons (Fsp3) is 0.364. The first-order valence-electron chi connectivity index (χ1n) is 5.06. The van der Waals surface area contributed by atoms with Crippen molar-refractivity contribution >= 4 is 5.84 Å². The van der Waals surface area contributed by atoms with E-state index in [2.05, 4.69) is 10.5 Å². The molecule has 88 valence electrons. The van der Waals surface area contributed by atoms with E-state index in [4.69, 9.17) is 15.7 Å². The number of benzene rings is 1. The van der Waals surface area contributed by atoms with E-state index < -0.39 is 0 Å². The predicted octanol–water partition coefficient (Wildman–Crippen LogP) is 0.921. The Morgan fingerprint density at radius 3 is 2.69 bits per heavy atom. The molecule has 16 heavy (non-hydrogen) atoms. The summed E-state index contributed by atoms with van der Waals surface area (Å²) in [6.07, 6.45) is 0.534. The Labute approximate surface area is 94.9 Å². The molecular formula is C11H17N3O2. The lowest BCUT2D eigenvalue weighted by Gasteiger charge is -2.05. The molecule has 0 aromatic heterocycles. The Morgan fingerprint density at radius 1 is 1.44 bits per heavy atom. The molecule has 0 radical (unpaired) electrons. The number of amidine groups is 1. The topological polar surface area (TPSA) is 79.9 Å². The number of nitrogens with zero attached hydrogens (tertiary/aromatic N) is 1. The Kier molecular flexibility index (Phi) is 5.15. The van der Waals surface area contributed by atoms with Gasteiger partial charge >= 0.3 is 0 Å². The molecule has 4 N–H and O–H groups in total. The number of methoxy groups -OCH3 is 1. The fourth-order valence-electron chi connectivity index (χ4n) is 1.24. The lowest BCUT2D eigenvalue weighted by Crippen LogP contribution is -2.21. The van der Waals surface area contributed by atoms with Gasteiger partial charge in [-0.3, -0.25) is 0 Å². The molecule has 0 unspecified atom stereocenters. The highest BCUT2D eigenvalue weighted by molar-refractivity contribution is 5.79. The standard InChI is InChI=1S/C11H17N3O2/c1-16-10-4-2-9(3-5-10)8-13-7-6-11(12)14-15/h2-5,13,15H,6-8H2,1H3,(H2,12,14). The SMILES string of the molecule is COc1ccc(CNCC/C(N)=N/O)cc1. The molecule has 0 atom stereocenters. The van der Waals surface area contributed by atoms with Crippen molar-refractivity contribution in [3.8, 4) is 5.75 Å². The van der Waals surface area contributed by atoms with Crippen LogP contribution in [0.25, 0.3) is 0 Å². The lowest BCUT2D eigenvalue weighted by molar-refractivity contribution is 0.316. The zero-order chi connectivity index (χ0) is 11.8. The highest BCUT2D eigenvalue weighted by Gasteiger charge is 1.95. The highest BCUT2D eigenvalue weighted by atomic mass is 16.5. The molecule has 0 saturated carbocycles. The van der Waals surface area contributed by atoms with Gasteiger partial charge in [-0.25, -0.2) is 0 Å². The molecule has 5 heteroatoms. The van der Waals surface area contributed by atoms with Crippen molar-refractivity contribution in [1.29, 1.82) is 0 Å². The lowest BCUT2D eigenvalue weighted by atomic mass is 10.2. The maximum Gasteiger partial charge on any atom is 0.140 e. The number of hydrogen-bond donors (Lipinski definition) is 3. The molecule has 0 spiro atoms. The van der Waals surface area contributed by atoms with Crippen molar-refractivity contribution in [2.24, 2.45) is 10.9 Å². The van der Waals surface area contributed by atoms with Gasteiger partial charge in [-0.2, -0.15) is 0 Å². The second kappa shape index (κ2) is 6.68. The number of nitrogens with one attached hydrogen (secondary N) is 1. The fourth-order valence-corrected chi connectivity index (χ4v) is 1.24. The molecule has 1 rings (SSSR count). The Bertz CT molecular complexity index is 336. The highest BCUT2D eigenvalue weighted by Crippen LogP contribution is 2.10. The van der Waals surface area contributed by atoms with Crippen molar-refractivity contribution in [1.82, 2.24) is 5.32 Å². The smallest absolute Gasteiger partial charge is 0.140 e. The van der Waals surface area contributed by atoms with Gasteiger partial charge in [-0.05, 0) is 17.7 Å². The molecule has 0 aliphatic carbocycles. The Balaban J connectivity index is 2.26. The van der Waals surface area contributed by atoms with Gasteiger partial charge in [0, 0.05) is 19.5 Å². The van der Waals surface area contributed by atoms with Gasteiger partial charge in [0.05, 0.1) is 7.11 Å². The minimum absolute atomic E-state index is 0.238. The molecule has 0 amide bonds. The molecule has 0 heterocycles. The van der Waals surface area contributed by atoms with Crippen LogP contribution in [0.4, 0.5) is 0 Å². The summed E-state index contributed by atoms with van der Waals surface area (Å²) in [5.41, 5.74) is 6.50.